The minimum absolute atomic E-state index is 1.15. The van der Waals surface area contributed by atoms with E-state index in [0.717, 1.165) is 6.42 Å². The quantitative estimate of drug-likeness (QED) is 0.355. The normalized spacial score (nSPS) is 11.4. The monoisotopic (exact) mass is 192 g/mol. The van der Waals surface area contributed by atoms with Crippen molar-refractivity contribution < 1.29 is 0 Å². The lowest BCUT2D eigenvalue weighted by molar-refractivity contribution is 0.608. The Morgan fingerprint density at radius 3 is 2.21 bits per heavy atom. The third-order valence-corrected chi connectivity index (χ3v) is 2.41. The smallest absolute Gasteiger partial charge is 0.0279 e. The van der Waals surface area contributed by atoms with Gasteiger partial charge in [-0.25, -0.2) is 0 Å². The second kappa shape index (κ2) is 10.3. The third kappa shape index (κ3) is 7.85. The molecule has 0 fully saturated rings. The molecule has 0 unspecified atom stereocenters. The molecule has 0 radical (unpaired) electrons. The average molecular weight is 192 g/mol. The Balaban J connectivity index is 3.38. The summed E-state index contributed by atoms with van der Waals surface area (Å²) in [6.45, 7) is 9.74. The van der Waals surface area contributed by atoms with Crippen molar-refractivity contribution in [3.05, 3.63) is 37.0 Å². The first-order valence-electron chi connectivity index (χ1n) is 5.79. The zero-order chi connectivity index (χ0) is 10.6. The van der Waals surface area contributed by atoms with Crippen molar-refractivity contribution in [1.29, 1.82) is 0 Å². The van der Waals surface area contributed by atoms with Gasteiger partial charge in [0.25, 0.3) is 0 Å². The molecule has 80 valence electrons. The summed E-state index contributed by atoms with van der Waals surface area (Å²) in [4.78, 5) is 0. The number of unbranched alkanes of at least 4 members (excludes halogenated alkanes) is 5. The molecule has 0 amide bonds. The van der Waals surface area contributed by atoms with Gasteiger partial charge in [0.2, 0.25) is 0 Å². The Hall–Kier alpha value is -0.780. The first-order valence-corrected chi connectivity index (χ1v) is 5.79. The Labute approximate surface area is 89.4 Å². The van der Waals surface area contributed by atoms with Crippen LogP contribution in [0.5, 0.6) is 0 Å². The molecule has 0 aromatic heterocycles. The van der Waals surface area contributed by atoms with E-state index in [1.54, 1.807) is 0 Å². The van der Waals surface area contributed by atoms with E-state index in [-0.39, 0.29) is 0 Å². The van der Waals surface area contributed by atoms with Crippen LogP contribution in [0.4, 0.5) is 0 Å². The highest BCUT2D eigenvalue weighted by molar-refractivity contribution is 5.20. The summed E-state index contributed by atoms with van der Waals surface area (Å²) in [5.41, 5.74) is 1.32. The lowest BCUT2D eigenvalue weighted by atomic mass is 10.0. The molecule has 0 aliphatic rings. The maximum atomic E-state index is 3.79. The number of hydrogen-bond donors (Lipinski definition) is 0. The molecule has 0 aliphatic heterocycles. The van der Waals surface area contributed by atoms with Gasteiger partial charge in [0, 0.05) is 0 Å². The van der Waals surface area contributed by atoms with Crippen molar-refractivity contribution in [3.8, 4) is 0 Å². The van der Waals surface area contributed by atoms with Gasteiger partial charge in [0.1, 0.15) is 0 Å². The second-order valence-corrected chi connectivity index (χ2v) is 3.70. The van der Waals surface area contributed by atoms with E-state index < -0.39 is 0 Å². The van der Waals surface area contributed by atoms with Crippen LogP contribution < -0.4 is 0 Å². The molecule has 0 aromatic rings. The second-order valence-electron chi connectivity index (χ2n) is 3.70. The minimum Gasteiger partial charge on any atom is -0.0991 e. The van der Waals surface area contributed by atoms with Gasteiger partial charge in [0.15, 0.2) is 0 Å². The Morgan fingerprint density at radius 1 is 1.00 bits per heavy atom. The number of allylic oxidation sites excluding steroid dienone is 4. The summed E-state index contributed by atoms with van der Waals surface area (Å²) < 4.78 is 0. The molecule has 0 bridgehead atoms. The lowest BCUT2D eigenvalue weighted by Crippen LogP contribution is -1.81. The topological polar surface area (TPSA) is 0 Å². The van der Waals surface area contributed by atoms with Crippen LogP contribution in [0.2, 0.25) is 0 Å². The van der Waals surface area contributed by atoms with E-state index in [1.165, 1.54) is 44.1 Å². The molecule has 0 atom stereocenters. The van der Waals surface area contributed by atoms with Crippen molar-refractivity contribution in [1.82, 2.24) is 0 Å². The maximum absolute atomic E-state index is 3.79. The fourth-order valence-corrected chi connectivity index (χ4v) is 1.51. The highest BCUT2D eigenvalue weighted by atomic mass is 14.0. The molecule has 0 saturated carbocycles. The first-order chi connectivity index (χ1) is 6.85. The van der Waals surface area contributed by atoms with Crippen LogP contribution in [-0.2, 0) is 0 Å². The molecule has 0 N–H and O–H groups in total. The van der Waals surface area contributed by atoms with Crippen LogP contribution in [-0.4, -0.2) is 0 Å². The molecule has 0 spiro atoms. The maximum Gasteiger partial charge on any atom is -0.0279 e. The molecular formula is C14H24. The average Bonchev–Trinajstić information content (AvgIpc) is 2.21. The third-order valence-electron chi connectivity index (χ3n) is 2.41. The minimum atomic E-state index is 1.15. The lowest BCUT2D eigenvalue weighted by Gasteiger charge is -2.01. The Kier molecular flexibility index (Phi) is 9.73. The summed E-state index contributed by atoms with van der Waals surface area (Å²) in [5.74, 6) is 0. The molecule has 0 aliphatic carbocycles. The fraction of sp³-hybridized carbons (Fsp3) is 0.571. The van der Waals surface area contributed by atoms with Crippen LogP contribution in [0.15, 0.2) is 37.0 Å². The van der Waals surface area contributed by atoms with Gasteiger partial charge in [-0.1, -0.05) is 70.4 Å². The molecule has 0 heterocycles. The van der Waals surface area contributed by atoms with Gasteiger partial charge in [-0.3, -0.25) is 0 Å². The van der Waals surface area contributed by atoms with E-state index >= 15 is 0 Å². The van der Waals surface area contributed by atoms with E-state index in [2.05, 4.69) is 26.2 Å². The summed E-state index contributed by atoms with van der Waals surface area (Å²) in [6.07, 6.45) is 15.1. The zero-order valence-corrected chi connectivity index (χ0v) is 9.60. The van der Waals surface area contributed by atoms with Crippen LogP contribution >= 0.6 is 0 Å². The molecule has 0 rings (SSSR count). The molecule has 14 heavy (non-hydrogen) atoms. The van der Waals surface area contributed by atoms with Crippen molar-refractivity contribution in [2.24, 2.45) is 0 Å². The standard InChI is InChI=1S/C14H24/c1-4-7-8-9-10-11-13-14(6-3)12-5-2/h5-6,12H,2-4,7-11,13H2,1H3. The zero-order valence-electron chi connectivity index (χ0n) is 9.60. The van der Waals surface area contributed by atoms with Crippen LogP contribution in [0.1, 0.15) is 51.9 Å². The van der Waals surface area contributed by atoms with E-state index in [0.29, 0.717) is 0 Å². The highest BCUT2D eigenvalue weighted by Crippen LogP contribution is 2.12. The van der Waals surface area contributed by atoms with Gasteiger partial charge in [0.05, 0.1) is 0 Å². The van der Waals surface area contributed by atoms with Gasteiger partial charge in [-0.05, 0) is 18.4 Å². The van der Waals surface area contributed by atoms with Crippen molar-refractivity contribution >= 4 is 0 Å². The van der Waals surface area contributed by atoms with Gasteiger partial charge >= 0.3 is 0 Å². The van der Waals surface area contributed by atoms with Crippen molar-refractivity contribution in [3.63, 3.8) is 0 Å². The van der Waals surface area contributed by atoms with Gasteiger partial charge in [-0.15, -0.1) is 0 Å². The number of rotatable bonds is 9. The first kappa shape index (κ1) is 13.2. The van der Waals surface area contributed by atoms with Gasteiger partial charge in [-0.2, -0.15) is 0 Å². The van der Waals surface area contributed by atoms with E-state index in [4.69, 9.17) is 0 Å². The molecular weight excluding hydrogens is 168 g/mol. The fourth-order valence-electron chi connectivity index (χ4n) is 1.51. The Morgan fingerprint density at radius 2 is 1.64 bits per heavy atom. The van der Waals surface area contributed by atoms with Crippen molar-refractivity contribution in [2.45, 2.75) is 51.9 Å². The predicted octanol–water partition coefficient (Wildman–Crippen LogP) is 5.04. The molecule has 0 nitrogen and oxygen atoms in total. The summed E-state index contributed by atoms with van der Waals surface area (Å²) >= 11 is 0. The molecule has 0 saturated heterocycles. The van der Waals surface area contributed by atoms with E-state index in [9.17, 15) is 0 Å². The SMILES string of the molecule is C=CC=C(C=C)CCCCCCCC. The van der Waals surface area contributed by atoms with Crippen LogP contribution in [0, 0.1) is 0 Å². The summed E-state index contributed by atoms with van der Waals surface area (Å²) in [7, 11) is 0. The molecule has 0 heteroatoms. The largest absolute Gasteiger partial charge is 0.0991 e. The Bertz CT molecular complexity index is 174. The highest BCUT2D eigenvalue weighted by Gasteiger charge is 1.92. The van der Waals surface area contributed by atoms with Crippen LogP contribution in [0.25, 0.3) is 0 Å². The number of hydrogen-bond acceptors (Lipinski definition) is 0. The molecule has 0 aromatic carbocycles. The summed E-state index contributed by atoms with van der Waals surface area (Å²) in [5, 5.41) is 0. The van der Waals surface area contributed by atoms with Crippen LogP contribution in [0.3, 0.4) is 0 Å². The van der Waals surface area contributed by atoms with E-state index in [1.807, 2.05) is 12.2 Å². The van der Waals surface area contributed by atoms with Crippen molar-refractivity contribution in [2.75, 3.05) is 0 Å². The summed E-state index contributed by atoms with van der Waals surface area (Å²) in [6, 6.07) is 0. The predicted molar refractivity (Wildman–Crippen MR) is 66.5 cm³/mol. The van der Waals surface area contributed by atoms with Gasteiger partial charge < -0.3 is 0 Å².